The second-order valence-electron chi connectivity index (χ2n) is 5.39. The number of anilines is 1. The molecule has 0 saturated carbocycles. The standard InChI is InChI=1S/C18H23NO/c1-13-7-9-16(10-8-13)18(20)11-12-19-17-6-4-5-14(2)15(17)3/h4-10,18-20H,11-12H2,1-3H3. The first-order valence-corrected chi connectivity index (χ1v) is 7.12. The van der Waals surface area contributed by atoms with Crippen molar-refractivity contribution in [2.75, 3.05) is 11.9 Å². The summed E-state index contributed by atoms with van der Waals surface area (Å²) in [6.07, 6.45) is 0.296. The van der Waals surface area contributed by atoms with Gasteiger partial charge in [0, 0.05) is 12.2 Å². The summed E-state index contributed by atoms with van der Waals surface area (Å²) in [5.74, 6) is 0. The highest BCUT2D eigenvalue weighted by Crippen LogP contribution is 2.20. The molecular weight excluding hydrogens is 246 g/mol. The molecule has 0 fully saturated rings. The van der Waals surface area contributed by atoms with Gasteiger partial charge < -0.3 is 10.4 Å². The molecule has 2 heteroatoms. The van der Waals surface area contributed by atoms with Crippen LogP contribution in [0.25, 0.3) is 0 Å². The molecule has 0 radical (unpaired) electrons. The molecule has 0 aliphatic carbocycles. The van der Waals surface area contributed by atoms with Gasteiger partial charge in [-0.1, -0.05) is 42.0 Å². The lowest BCUT2D eigenvalue weighted by atomic mass is 10.0. The van der Waals surface area contributed by atoms with Gasteiger partial charge in [0.1, 0.15) is 0 Å². The van der Waals surface area contributed by atoms with Gasteiger partial charge in [0.05, 0.1) is 6.10 Å². The summed E-state index contributed by atoms with van der Waals surface area (Å²) in [6.45, 7) is 7.05. The monoisotopic (exact) mass is 269 g/mol. The van der Waals surface area contributed by atoms with Crippen molar-refractivity contribution in [3.63, 3.8) is 0 Å². The summed E-state index contributed by atoms with van der Waals surface area (Å²) in [5, 5.41) is 13.6. The summed E-state index contributed by atoms with van der Waals surface area (Å²) in [4.78, 5) is 0. The molecule has 2 nitrogen and oxygen atoms in total. The SMILES string of the molecule is Cc1ccc(C(O)CCNc2cccc(C)c2C)cc1. The van der Waals surface area contributed by atoms with E-state index in [1.807, 2.05) is 24.3 Å². The highest BCUT2D eigenvalue weighted by atomic mass is 16.3. The summed E-state index contributed by atoms with van der Waals surface area (Å²) in [5.41, 5.74) is 5.92. The van der Waals surface area contributed by atoms with Gasteiger partial charge >= 0.3 is 0 Å². The minimum atomic E-state index is -0.409. The van der Waals surface area contributed by atoms with Gasteiger partial charge in [-0.15, -0.1) is 0 Å². The van der Waals surface area contributed by atoms with Crippen LogP contribution in [-0.2, 0) is 0 Å². The predicted octanol–water partition coefficient (Wildman–Crippen LogP) is 4.15. The maximum atomic E-state index is 10.2. The maximum absolute atomic E-state index is 10.2. The third-order valence-corrected chi connectivity index (χ3v) is 3.80. The topological polar surface area (TPSA) is 32.3 Å². The zero-order valence-corrected chi connectivity index (χ0v) is 12.5. The van der Waals surface area contributed by atoms with E-state index in [-0.39, 0.29) is 0 Å². The van der Waals surface area contributed by atoms with Crippen molar-refractivity contribution in [1.82, 2.24) is 0 Å². The van der Waals surface area contributed by atoms with Gasteiger partial charge in [0.15, 0.2) is 0 Å². The lowest BCUT2D eigenvalue weighted by Gasteiger charge is -2.14. The molecule has 0 aliphatic rings. The van der Waals surface area contributed by atoms with Crippen molar-refractivity contribution < 1.29 is 5.11 Å². The number of aliphatic hydroxyl groups excluding tert-OH is 1. The molecular formula is C18H23NO. The summed E-state index contributed by atoms with van der Waals surface area (Å²) in [6, 6.07) is 14.3. The zero-order valence-electron chi connectivity index (χ0n) is 12.5. The molecule has 0 saturated heterocycles. The van der Waals surface area contributed by atoms with Crippen LogP contribution in [0, 0.1) is 20.8 Å². The Morgan fingerprint density at radius 1 is 1.00 bits per heavy atom. The van der Waals surface area contributed by atoms with Crippen LogP contribution in [0.4, 0.5) is 5.69 Å². The maximum Gasteiger partial charge on any atom is 0.0806 e. The van der Waals surface area contributed by atoms with Crippen LogP contribution in [0.1, 0.15) is 34.8 Å². The van der Waals surface area contributed by atoms with Crippen molar-refractivity contribution in [2.45, 2.75) is 33.3 Å². The molecule has 2 aromatic rings. The molecule has 0 aromatic heterocycles. The zero-order chi connectivity index (χ0) is 14.5. The summed E-state index contributed by atoms with van der Waals surface area (Å²) in [7, 11) is 0. The highest BCUT2D eigenvalue weighted by Gasteiger charge is 2.07. The third kappa shape index (κ3) is 3.61. The molecule has 0 bridgehead atoms. The normalized spacial score (nSPS) is 12.2. The van der Waals surface area contributed by atoms with E-state index in [4.69, 9.17) is 0 Å². The fourth-order valence-electron chi connectivity index (χ4n) is 2.24. The first-order chi connectivity index (χ1) is 9.58. The van der Waals surface area contributed by atoms with Crippen molar-refractivity contribution in [2.24, 2.45) is 0 Å². The Balaban J connectivity index is 1.89. The molecule has 2 rings (SSSR count). The van der Waals surface area contributed by atoms with E-state index in [9.17, 15) is 5.11 Å². The Labute approximate surface area is 121 Å². The Hall–Kier alpha value is -1.80. The average Bonchev–Trinajstić information content (AvgIpc) is 2.44. The van der Waals surface area contributed by atoms with E-state index in [0.29, 0.717) is 6.42 Å². The predicted molar refractivity (Wildman–Crippen MR) is 85.2 cm³/mol. The first kappa shape index (κ1) is 14.6. The first-order valence-electron chi connectivity index (χ1n) is 7.12. The van der Waals surface area contributed by atoms with E-state index in [0.717, 1.165) is 17.8 Å². The number of hydrogen-bond acceptors (Lipinski definition) is 2. The van der Waals surface area contributed by atoms with Crippen LogP contribution < -0.4 is 5.32 Å². The molecule has 1 atom stereocenters. The quantitative estimate of drug-likeness (QED) is 0.854. The van der Waals surface area contributed by atoms with Crippen LogP contribution in [0.2, 0.25) is 0 Å². The second kappa shape index (κ2) is 6.58. The van der Waals surface area contributed by atoms with Crippen molar-refractivity contribution in [3.05, 3.63) is 64.7 Å². The minimum Gasteiger partial charge on any atom is -0.388 e. The lowest BCUT2D eigenvalue weighted by Crippen LogP contribution is -2.08. The van der Waals surface area contributed by atoms with Gasteiger partial charge in [-0.2, -0.15) is 0 Å². The van der Waals surface area contributed by atoms with Crippen molar-refractivity contribution >= 4 is 5.69 Å². The molecule has 1 unspecified atom stereocenters. The van der Waals surface area contributed by atoms with E-state index in [1.54, 1.807) is 0 Å². The van der Waals surface area contributed by atoms with Gasteiger partial charge in [-0.05, 0) is 49.9 Å². The minimum absolute atomic E-state index is 0.409. The molecule has 0 amide bonds. The molecule has 0 spiro atoms. The van der Waals surface area contributed by atoms with E-state index >= 15 is 0 Å². The van der Waals surface area contributed by atoms with E-state index in [1.165, 1.54) is 16.7 Å². The highest BCUT2D eigenvalue weighted by molar-refractivity contribution is 5.53. The van der Waals surface area contributed by atoms with E-state index in [2.05, 4.69) is 44.3 Å². The van der Waals surface area contributed by atoms with Gasteiger partial charge in [0.2, 0.25) is 0 Å². The fourth-order valence-corrected chi connectivity index (χ4v) is 2.24. The van der Waals surface area contributed by atoms with Gasteiger partial charge in [0.25, 0.3) is 0 Å². The summed E-state index contributed by atoms with van der Waals surface area (Å²) < 4.78 is 0. The average molecular weight is 269 g/mol. The molecule has 0 aliphatic heterocycles. The number of aryl methyl sites for hydroxylation is 2. The number of aliphatic hydroxyl groups is 1. The Morgan fingerprint density at radius 3 is 2.40 bits per heavy atom. The smallest absolute Gasteiger partial charge is 0.0806 e. The molecule has 20 heavy (non-hydrogen) atoms. The third-order valence-electron chi connectivity index (χ3n) is 3.80. The molecule has 2 aromatic carbocycles. The number of hydrogen-bond donors (Lipinski definition) is 2. The van der Waals surface area contributed by atoms with E-state index < -0.39 is 6.10 Å². The number of nitrogens with one attached hydrogen (secondary N) is 1. The summed E-state index contributed by atoms with van der Waals surface area (Å²) >= 11 is 0. The second-order valence-corrected chi connectivity index (χ2v) is 5.39. The van der Waals surface area contributed by atoms with Crippen LogP contribution >= 0.6 is 0 Å². The fraction of sp³-hybridized carbons (Fsp3) is 0.333. The largest absolute Gasteiger partial charge is 0.388 e. The number of rotatable bonds is 5. The number of benzene rings is 2. The van der Waals surface area contributed by atoms with Gasteiger partial charge in [-0.3, -0.25) is 0 Å². The molecule has 2 N–H and O–H groups in total. The van der Waals surface area contributed by atoms with Crippen molar-refractivity contribution in [1.29, 1.82) is 0 Å². The van der Waals surface area contributed by atoms with Crippen LogP contribution in [0.3, 0.4) is 0 Å². The molecule has 106 valence electrons. The Morgan fingerprint density at radius 2 is 1.70 bits per heavy atom. The molecule has 0 heterocycles. The van der Waals surface area contributed by atoms with Crippen molar-refractivity contribution in [3.8, 4) is 0 Å². The lowest BCUT2D eigenvalue weighted by molar-refractivity contribution is 0.171. The van der Waals surface area contributed by atoms with Crippen LogP contribution in [0.15, 0.2) is 42.5 Å². The van der Waals surface area contributed by atoms with Gasteiger partial charge in [-0.25, -0.2) is 0 Å². The Bertz CT molecular complexity index is 560. The van der Waals surface area contributed by atoms with Crippen LogP contribution in [-0.4, -0.2) is 11.7 Å². The van der Waals surface area contributed by atoms with Crippen LogP contribution in [0.5, 0.6) is 0 Å². The Kier molecular flexibility index (Phi) is 4.80.